The molecule has 20 heavy (non-hydrogen) atoms. The van der Waals surface area contributed by atoms with Gasteiger partial charge < -0.3 is 10.4 Å². The maximum atomic E-state index is 11.9. The van der Waals surface area contributed by atoms with Crippen molar-refractivity contribution in [3.63, 3.8) is 0 Å². The number of aromatic hydroxyl groups is 1. The molecule has 0 radical (unpaired) electrons. The zero-order chi connectivity index (χ0) is 14.5. The number of nitrogens with one attached hydrogen (secondary N) is 1. The van der Waals surface area contributed by atoms with Gasteiger partial charge >= 0.3 is 0 Å². The number of phenols is 1. The number of hydrogen-bond acceptors (Lipinski definition) is 2. The zero-order valence-electron chi connectivity index (χ0n) is 11.8. The highest BCUT2D eigenvalue weighted by Crippen LogP contribution is 2.17. The molecular formula is C17H19NO2. The molecule has 0 saturated carbocycles. The van der Waals surface area contributed by atoms with Gasteiger partial charge in [0.05, 0.1) is 6.42 Å². The Morgan fingerprint density at radius 1 is 1.05 bits per heavy atom. The van der Waals surface area contributed by atoms with E-state index in [1.165, 1.54) is 5.56 Å². The molecule has 0 aliphatic carbocycles. The Hall–Kier alpha value is -2.29. The first-order valence-electron chi connectivity index (χ1n) is 6.72. The molecule has 0 unspecified atom stereocenters. The van der Waals surface area contributed by atoms with Crippen LogP contribution < -0.4 is 5.32 Å². The molecule has 2 rings (SSSR count). The minimum absolute atomic E-state index is 0.0620. The van der Waals surface area contributed by atoms with Crippen LogP contribution in [-0.4, -0.2) is 11.0 Å². The van der Waals surface area contributed by atoms with Crippen molar-refractivity contribution in [1.29, 1.82) is 0 Å². The van der Waals surface area contributed by atoms with Crippen molar-refractivity contribution in [3.05, 3.63) is 59.7 Å². The van der Waals surface area contributed by atoms with Gasteiger partial charge in [-0.25, -0.2) is 0 Å². The van der Waals surface area contributed by atoms with Crippen LogP contribution in [-0.2, 0) is 11.2 Å². The van der Waals surface area contributed by atoms with E-state index in [9.17, 15) is 9.90 Å². The Balaban J connectivity index is 1.95. The SMILES string of the molecule is CC(C)c1ccc(NC(=O)Cc2ccc(O)cc2)cc1. The molecule has 0 heterocycles. The topological polar surface area (TPSA) is 49.3 Å². The number of amides is 1. The summed E-state index contributed by atoms with van der Waals surface area (Å²) in [6.45, 7) is 4.27. The third-order valence-corrected chi connectivity index (χ3v) is 3.16. The Bertz CT molecular complexity index is 571. The number of rotatable bonds is 4. The fraction of sp³-hybridized carbons (Fsp3) is 0.235. The van der Waals surface area contributed by atoms with Crippen LogP contribution in [0.3, 0.4) is 0 Å². The lowest BCUT2D eigenvalue weighted by molar-refractivity contribution is -0.115. The van der Waals surface area contributed by atoms with Gasteiger partial charge in [-0.05, 0) is 41.3 Å². The van der Waals surface area contributed by atoms with E-state index in [0.29, 0.717) is 12.3 Å². The van der Waals surface area contributed by atoms with Gasteiger partial charge in [0.2, 0.25) is 5.91 Å². The van der Waals surface area contributed by atoms with Gasteiger partial charge in [-0.2, -0.15) is 0 Å². The van der Waals surface area contributed by atoms with E-state index >= 15 is 0 Å². The lowest BCUT2D eigenvalue weighted by atomic mass is 10.0. The Morgan fingerprint density at radius 3 is 2.20 bits per heavy atom. The van der Waals surface area contributed by atoms with E-state index in [2.05, 4.69) is 19.2 Å². The average Bonchev–Trinajstić information content (AvgIpc) is 2.42. The number of hydrogen-bond donors (Lipinski definition) is 2. The molecule has 104 valence electrons. The van der Waals surface area contributed by atoms with E-state index in [1.807, 2.05) is 24.3 Å². The second-order valence-electron chi connectivity index (χ2n) is 5.17. The van der Waals surface area contributed by atoms with E-state index in [4.69, 9.17) is 0 Å². The molecule has 3 nitrogen and oxygen atoms in total. The number of carbonyl (C=O) groups excluding carboxylic acids is 1. The summed E-state index contributed by atoms with van der Waals surface area (Å²) in [7, 11) is 0. The molecule has 2 aromatic carbocycles. The van der Waals surface area contributed by atoms with Crippen LogP contribution in [0.1, 0.15) is 30.9 Å². The summed E-state index contributed by atoms with van der Waals surface area (Å²) in [6, 6.07) is 14.6. The summed E-state index contributed by atoms with van der Waals surface area (Å²) in [5.41, 5.74) is 2.93. The fourth-order valence-electron chi connectivity index (χ4n) is 1.96. The Morgan fingerprint density at radius 2 is 1.65 bits per heavy atom. The molecule has 0 saturated heterocycles. The summed E-state index contributed by atoms with van der Waals surface area (Å²) in [4.78, 5) is 11.9. The smallest absolute Gasteiger partial charge is 0.228 e. The minimum atomic E-state index is -0.0620. The van der Waals surface area contributed by atoms with E-state index in [1.54, 1.807) is 24.3 Å². The molecule has 2 N–H and O–H groups in total. The lowest BCUT2D eigenvalue weighted by Crippen LogP contribution is -2.14. The molecule has 0 aromatic heterocycles. The van der Waals surface area contributed by atoms with Gasteiger partial charge in [-0.3, -0.25) is 4.79 Å². The Labute approximate surface area is 119 Å². The van der Waals surface area contributed by atoms with Crippen molar-refractivity contribution in [1.82, 2.24) is 0 Å². The van der Waals surface area contributed by atoms with Crippen molar-refractivity contribution in [2.75, 3.05) is 5.32 Å². The summed E-state index contributed by atoms with van der Waals surface area (Å²) in [5.74, 6) is 0.628. The standard InChI is InChI=1S/C17H19NO2/c1-12(2)14-5-7-15(8-6-14)18-17(20)11-13-3-9-16(19)10-4-13/h3-10,12,19H,11H2,1-2H3,(H,18,20). The first-order valence-corrected chi connectivity index (χ1v) is 6.72. The normalized spacial score (nSPS) is 10.6. The molecule has 1 amide bonds. The molecule has 0 aliphatic rings. The van der Waals surface area contributed by atoms with Crippen LogP contribution in [0.15, 0.2) is 48.5 Å². The fourth-order valence-corrected chi connectivity index (χ4v) is 1.96. The van der Waals surface area contributed by atoms with E-state index in [0.717, 1.165) is 11.3 Å². The first-order chi connectivity index (χ1) is 9.54. The van der Waals surface area contributed by atoms with Gasteiger partial charge in [-0.1, -0.05) is 38.1 Å². The van der Waals surface area contributed by atoms with E-state index < -0.39 is 0 Å². The maximum absolute atomic E-state index is 11.9. The molecule has 3 heteroatoms. The molecule has 0 spiro atoms. The number of anilines is 1. The van der Waals surface area contributed by atoms with Gasteiger partial charge in [0.1, 0.15) is 5.75 Å². The Kier molecular flexibility index (Phi) is 4.41. The van der Waals surface area contributed by atoms with Gasteiger partial charge in [0.15, 0.2) is 0 Å². The summed E-state index contributed by atoms with van der Waals surface area (Å²) in [5, 5.41) is 12.1. The maximum Gasteiger partial charge on any atom is 0.228 e. The van der Waals surface area contributed by atoms with Gasteiger partial charge in [-0.15, -0.1) is 0 Å². The molecular weight excluding hydrogens is 250 g/mol. The van der Waals surface area contributed by atoms with Crippen molar-refractivity contribution >= 4 is 11.6 Å². The predicted molar refractivity (Wildman–Crippen MR) is 81.0 cm³/mol. The summed E-state index contributed by atoms with van der Waals surface area (Å²) in [6.07, 6.45) is 0.298. The second-order valence-corrected chi connectivity index (χ2v) is 5.17. The first kappa shape index (κ1) is 14.1. The zero-order valence-corrected chi connectivity index (χ0v) is 11.8. The number of phenolic OH excluding ortho intramolecular Hbond substituents is 1. The van der Waals surface area contributed by atoms with Gasteiger partial charge in [0, 0.05) is 5.69 Å². The van der Waals surface area contributed by atoms with Crippen LogP contribution in [0.5, 0.6) is 5.75 Å². The highest BCUT2D eigenvalue weighted by Gasteiger charge is 2.05. The van der Waals surface area contributed by atoms with Crippen molar-refractivity contribution in [2.24, 2.45) is 0 Å². The average molecular weight is 269 g/mol. The third kappa shape index (κ3) is 3.85. The monoisotopic (exact) mass is 269 g/mol. The van der Waals surface area contributed by atoms with Gasteiger partial charge in [0.25, 0.3) is 0 Å². The minimum Gasteiger partial charge on any atom is -0.508 e. The molecule has 2 aromatic rings. The van der Waals surface area contributed by atoms with Crippen molar-refractivity contribution in [2.45, 2.75) is 26.2 Å². The lowest BCUT2D eigenvalue weighted by Gasteiger charge is -2.08. The highest BCUT2D eigenvalue weighted by molar-refractivity contribution is 5.92. The number of carbonyl (C=O) groups is 1. The molecule has 0 aliphatic heterocycles. The van der Waals surface area contributed by atoms with Crippen LogP contribution in [0.2, 0.25) is 0 Å². The van der Waals surface area contributed by atoms with Crippen LogP contribution in [0.25, 0.3) is 0 Å². The molecule has 0 bridgehead atoms. The second kappa shape index (κ2) is 6.24. The summed E-state index contributed by atoms with van der Waals surface area (Å²) < 4.78 is 0. The quantitative estimate of drug-likeness (QED) is 0.889. The molecule has 0 atom stereocenters. The number of benzene rings is 2. The largest absolute Gasteiger partial charge is 0.508 e. The van der Waals surface area contributed by atoms with Crippen LogP contribution >= 0.6 is 0 Å². The third-order valence-electron chi connectivity index (χ3n) is 3.16. The summed E-state index contributed by atoms with van der Waals surface area (Å²) >= 11 is 0. The highest BCUT2D eigenvalue weighted by atomic mass is 16.3. The van der Waals surface area contributed by atoms with Crippen molar-refractivity contribution < 1.29 is 9.90 Å². The van der Waals surface area contributed by atoms with Crippen molar-refractivity contribution in [3.8, 4) is 5.75 Å². The van der Waals surface area contributed by atoms with E-state index in [-0.39, 0.29) is 11.7 Å². The van der Waals surface area contributed by atoms with Crippen LogP contribution in [0, 0.1) is 0 Å². The predicted octanol–water partition coefficient (Wildman–Crippen LogP) is 3.70. The molecule has 0 fully saturated rings. The van der Waals surface area contributed by atoms with Crippen LogP contribution in [0.4, 0.5) is 5.69 Å².